The van der Waals surface area contributed by atoms with Crippen LogP contribution in [0.15, 0.2) is 41.3 Å². The number of rotatable bonds is 2. The minimum Gasteiger partial charge on any atom is -0.378 e. The largest absolute Gasteiger partial charge is 0.378 e. The lowest BCUT2D eigenvalue weighted by Gasteiger charge is -2.27. The lowest BCUT2D eigenvalue weighted by molar-refractivity contribution is 0.585. The van der Waals surface area contributed by atoms with E-state index in [0.717, 1.165) is 33.9 Å². The van der Waals surface area contributed by atoms with Crippen LogP contribution in [0.3, 0.4) is 0 Å². The van der Waals surface area contributed by atoms with Gasteiger partial charge in [0.2, 0.25) is 0 Å². The van der Waals surface area contributed by atoms with Crippen LogP contribution in [0.25, 0.3) is 0 Å². The molecule has 0 spiro atoms. The quantitative estimate of drug-likeness (QED) is 0.842. The van der Waals surface area contributed by atoms with Crippen LogP contribution in [0.4, 0.5) is 14.5 Å². The van der Waals surface area contributed by atoms with Crippen molar-refractivity contribution in [3.63, 3.8) is 0 Å². The smallest absolute Gasteiger partial charge is 0.137 e. The maximum absolute atomic E-state index is 13.8. The van der Waals surface area contributed by atoms with E-state index in [0.29, 0.717) is 0 Å². The molecule has 1 aliphatic rings. The summed E-state index contributed by atoms with van der Waals surface area (Å²) in [6.45, 7) is 1.87. The number of benzene rings is 2. The van der Waals surface area contributed by atoms with Gasteiger partial charge in [-0.3, -0.25) is 0 Å². The van der Waals surface area contributed by atoms with Gasteiger partial charge in [0.1, 0.15) is 11.6 Å². The van der Waals surface area contributed by atoms with Gasteiger partial charge in [0.15, 0.2) is 0 Å². The van der Waals surface area contributed by atoms with Crippen LogP contribution < -0.4 is 5.32 Å². The molecule has 0 saturated heterocycles. The fourth-order valence-electron chi connectivity index (χ4n) is 2.51. The Morgan fingerprint density at radius 1 is 1.20 bits per heavy atom. The molecule has 0 radical (unpaired) electrons. The zero-order valence-electron chi connectivity index (χ0n) is 11.1. The van der Waals surface area contributed by atoms with Crippen molar-refractivity contribution in [2.75, 3.05) is 11.1 Å². The lowest BCUT2D eigenvalue weighted by Crippen LogP contribution is -2.17. The molecule has 0 amide bonds. The molecular weight excluding hydrogens is 276 g/mol. The Labute approximate surface area is 121 Å². The number of halogens is 2. The molecule has 2 aromatic rings. The molecule has 0 aliphatic carbocycles. The number of thioether (sulfide) groups is 1. The average Bonchev–Trinajstić information content (AvgIpc) is 2.43. The Morgan fingerprint density at radius 3 is 2.85 bits per heavy atom. The number of fused-ring (bicyclic) bond motifs is 1. The molecule has 0 fully saturated rings. The first-order chi connectivity index (χ1) is 9.65. The summed E-state index contributed by atoms with van der Waals surface area (Å²) in [6.07, 6.45) is 0.929. The first kappa shape index (κ1) is 13.4. The van der Waals surface area contributed by atoms with E-state index >= 15 is 0 Å². The molecule has 1 heterocycles. The topological polar surface area (TPSA) is 12.0 Å². The highest BCUT2D eigenvalue weighted by Gasteiger charge is 2.23. The van der Waals surface area contributed by atoms with Gasteiger partial charge in [0, 0.05) is 16.3 Å². The van der Waals surface area contributed by atoms with Gasteiger partial charge in [-0.1, -0.05) is 12.1 Å². The van der Waals surface area contributed by atoms with E-state index in [1.54, 1.807) is 23.9 Å². The van der Waals surface area contributed by atoms with E-state index in [1.165, 1.54) is 18.2 Å². The summed E-state index contributed by atoms with van der Waals surface area (Å²) in [5, 5.41) is 3.41. The second kappa shape index (κ2) is 5.44. The summed E-state index contributed by atoms with van der Waals surface area (Å²) < 4.78 is 27.0. The van der Waals surface area contributed by atoms with Crippen molar-refractivity contribution in [3.8, 4) is 0 Å². The standard InChI is InChI=1S/C16H15F2NS/c1-10-9-11(17)5-6-14(10)19-15-7-8-20-16-12(15)3-2-4-13(16)18/h2-6,9,15,19H,7-8H2,1H3. The van der Waals surface area contributed by atoms with Crippen molar-refractivity contribution < 1.29 is 8.78 Å². The van der Waals surface area contributed by atoms with Gasteiger partial charge in [-0.2, -0.15) is 0 Å². The Bertz CT molecular complexity index is 642. The molecule has 2 aromatic carbocycles. The first-order valence-electron chi connectivity index (χ1n) is 6.59. The van der Waals surface area contributed by atoms with Crippen molar-refractivity contribution in [2.45, 2.75) is 24.3 Å². The van der Waals surface area contributed by atoms with Crippen LogP contribution in [0, 0.1) is 18.6 Å². The van der Waals surface area contributed by atoms with Crippen LogP contribution in [0.5, 0.6) is 0 Å². The maximum atomic E-state index is 13.8. The molecule has 1 nitrogen and oxygen atoms in total. The normalized spacial score (nSPS) is 17.6. The highest BCUT2D eigenvalue weighted by molar-refractivity contribution is 7.99. The van der Waals surface area contributed by atoms with Gasteiger partial charge in [0.25, 0.3) is 0 Å². The fourth-order valence-corrected chi connectivity index (χ4v) is 3.65. The summed E-state index contributed by atoms with van der Waals surface area (Å²) in [6, 6.07) is 9.97. The van der Waals surface area contributed by atoms with E-state index in [9.17, 15) is 8.78 Å². The van der Waals surface area contributed by atoms with Crippen molar-refractivity contribution in [3.05, 3.63) is 59.2 Å². The van der Waals surface area contributed by atoms with Gasteiger partial charge < -0.3 is 5.32 Å². The van der Waals surface area contributed by atoms with Crippen molar-refractivity contribution >= 4 is 17.4 Å². The highest BCUT2D eigenvalue weighted by Crippen LogP contribution is 2.39. The highest BCUT2D eigenvalue weighted by atomic mass is 32.2. The van der Waals surface area contributed by atoms with Crippen LogP contribution in [0.1, 0.15) is 23.6 Å². The zero-order valence-corrected chi connectivity index (χ0v) is 11.9. The van der Waals surface area contributed by atoms with Gasteiger partial charge in [-0.15, -0.1) is 11.8 Å². The van der Waals surface area contributed by atoms with Crippen LogP contribution >= 0.6 is 11.8 Å². The SMILES string of the molecule is Cc1cc(F)ccc1NC1CCSc2c(F)cccc21. The van der Waals surface area contributed by atoms with E-state index in [2.05, 4.69) is 5.32 Å². The number of nitrogens with one attached hydrogen (secondary N) is 1. The van der Waals surface area contributed by atoms with Gasteiger partial charge in [-0.25, -0.2) is 8.78 Å². The molecule has 1 atom stereocenters. The summed E-state index contributed by atoms with van der Waals surface area (Å²) in [5.41, 5.74) is 2.75. The minimum absolute atomic E-state index is 0.0751. The Balaban J connectivity index is 1.91. The van der Waals surface area contributed by atoms with Crippen molar-refractivity contribution in [1.29, 1.82) is 0 Å². The first-order valence-corrected chi connectivity index (χ1v) is 7.57. The molecule has 1 aliphatic heterocycles. The van der Waals surface area contributed by atoms with E-state index in [1.807, 2.05) is 13.0 Å². The fraction of sp³-hybridized carbons (Fsp3) is 0.250. The van der Waals surface area contributed by atoms with Crippen LogP contribution in [-0.2, 0) is 0 Å². The zero-order chi connectivity index (χ0) is 14.1. The molecule has 4 heteroatoms. The molecule has 0 aromatic heterocycles. The lowest BCUT2D eigenvalue weighted by atomic mass is 10.0. The molecule has 3 rings (SSSR count). The Morgan fingerprint density at radius 2 is 2.05 bits per heavy atom. The molecular formula is C16H15F2NS. The monoisotopic (exact) mass is 291 g/mol. The van der Waals surface area contributed by atoms with E-state index < -0.39 is 0 Å². The van der Waals surface area contributed by atoms with Crippen LogP contribution in [0.2, 0.25) is 0 Å². The number of anilines is 1. The summed E-state index contributed by atoms with van der Waals surface area (Å²) in [7, 11) is 0. The summed E-state index contributed by atoms with van der Waals surface area (Å²) >= 11 is 1.56. The minimum atomic E-state index is -0.237. The molecule has 1 N–H and O–H groups in total. The van der Waals surface area contributed by atoms with Crippen LogP contribution in [-0.4, -0.2) is 5.75 Å². The summed E-state index contributed by atoms with van der Waals surface area (Å²) in [4.78, 5) is 0.732. The van der Waals surface area contributed by atoms with Crippen molar-refractivity contribution in [2.24, 2.45) is 0 Å². The second-order valence-electron chi connectivity index (χ2n) is 4.95. The number of hydrogen-bond acceptors (Lipinski definition) is 2. The third-order valence-electron chi connectivity index (χ3n) is 3.54. The summed E-state index contributed by atoms with van der Waals surface area (Å²) in [5.74, 6) is 0.486. The van der Waals surface area contributed by atoms with Crippen molar-refractivity contribution in [1.82, 2.24) is 0 Å². The Kier molecular flexibility index (Phi) is 3.66. The van der Waals surface area contributed by atoms with Gasteiger partial charge in [0.05, 0.1) is 6.04 Å². The van der Waals surface area contributed by atoms with E-state index in [4.69, 9.17) is 0 Å². The molecule has 104 valence electrons. The predicted molar refractivity (Wildman–Crippen MR) is 79.2 cm³/mol. The third kappa shape index (κ3) is 2.52. The van der Waals surface area contributed by atoms with E-state index in [-0.39, 0.29) is 17.7 Å². The number of aryl methyl sites for hydroxylation is 1. The number of hydrogen-bond donors (Lipinski definition) is 1. The van der Waals surface area contributed by atoms with Gasteiger partial charge in [-0.05, 0) is 48.7 Å². The maximum Gasteiger partial charge on any atom is 0.137 e. The molecule has 0 bridgehead atoms. The van der Waals surface area contributed by atoms with Gasteiger partial charge >= 0.3 is 0 Å². The molecule has 20 heavy (non-hydrogen) atoms. The third-order valence-corrected chi connectivity index (χ3v) is 4.70. The average molecular weight is 291 g/mol. The predicted octanol–water partition coefficient (Wildman–Crippen LogP) is 4.92. The molecule has 1 unspecified atom stereocenters. The Hall–Kier alpha value is -1.55. The molecule has 0 saturated carbocycles. The second-order valence-corrected chi connectivity index (χ2v) is 6.06.